The molecule has 2 heterocycles. The van der Waals surface area contributed by atoms with Crippen LogP contribution < -0.4 is 5.56 Å². The van der Waals surface area contributed by atoms with E-state index in [1.165, 1.54) is 0 Å². The summed E-state index contributed by atoms with van der Waals surface area (Å²) in [5, 5.41) is 1.66. The van der Waals surface area contributed by atoms with Gasteiger partial charge in [-0.05, 0) is 36.4 Å². The normalized spacial score (nSPS) is 11.5. The van der Waals surface area contributed by atoms with Crippen molar-refractivity contribution in [2.75, 3.05) is 0 Å². The number of para-hydroxylation sites is 3. The Hall–Kier alpha value is -2.95. The SMILES string of the molecule is O=c1c2nc3ccccc3nc2c2ccccc2n1-c1ccc(Cl)c(Cl)c1. The first kappa shape index (κ1) is 16.2. The van der Waals surface area contributed by atoms with Crippen molar-refractivity contribution in [1.82, 2.24) is 14.5 Å². The lowest BCUT2D eigenvalue weighted by Crippen LogP contribution is -2.20. The summed E-state index contributed by atoms with van der Waals surface area (Å²) < 4.78 is 1.60. The molecule has 0 saturated carbocycles. The third-order valence-corrected chi connectivity index (χ3v) is 5.28. The maximum Gasteiger partial charge on any atom is 0.283 e. The molecule has 6 heteroatoms. The molecule has 0 amide bonds. The number of rotatable bonds is 1. The van der Waals surface area contributed by atoms with Crippen LogP contribution in [0.4, 0.5) is 0 Å². The average molecular weight is 392 g/mol. The average Bonchev–Trinajstić information content (AvgIpc) is 2.70. The number of fused-ring (bicyclic) bond motifs is 4. The molecule has 3 aromatic carbocycles. The zero-order valence-corrected chi connectivity index (χ0v) is 15.4. The molecule has 0 spiro atoms. The van der Waals surface area contributed by atoms with Crippen molar-refractivity contribution in [2.24, 2.45) is 0 Å². The molecule has 4 nitrogen and oxygen atoms in total. The van der Waals surface area contributed by atoms with Crippen LogP contribution in [-0.4, -0.2) is 14.5 Å². The van der Waals surface area contributed by atoms with Crippen LogP contribution in [0.25, 0.3) is 38.7 Å². The van der Waals surface area contributed by atoms with Crippen molar-refractivity contribution in [2.45, 2.75) is 0 Å². The molecular weight excluding hydrogens is 381 g/mol. The van der Waals surface area contributed by atoms with Gasteiger partial charge in [0.15, 0.2) is 5.52 Å². The molecular formula is C21H11Cl2N3O. The van der Waals surface area contributed by atoms with Crippen molar-refractivity contribution >= 4 is 56.2 Å². The maximum absolute atomic E-state index is 13.4. The topological polar surface area (TPSA) is 47.8 Å². The molecule has 0 saturated heterocycles. The zero-order valence-electron chi connectivity index (χ0n) is 13.9. The van der Waals surface area contributed by atoms with E-state index >= 15 is 0 Å². The van der Waals surface area contributed by atoms with E-state index in [1.54, 1.807) is 22.8 Å². The summed E-state index contributed by atoms with van der Waals surface area (Å²) in [5.74, 6) is 0. The second kappa shape index (κ2) is 6.05. The van der Waals surface area contributed by atoms with Gasteiger partial charge in [-0.1, -0.05) is 53.5 Å². The van der Waals surface area contributed by atoms with Crippen LogP contribution in [0.2, 0.25) is 10.0 Å². The number of nitrogens with zero attached hydrogens (tertiary/aromatic N) is 3. The third-order valence-electron chi connectivity index (χ3n) is 4.54. The quantitative estimate of drug-likeness (QED) is 0.284. The monoisotopic (exact) mass is 391 g/mol. The molecule has 0 radical (unpaired) electrons. The number of benzene rings is 3. The first-order valence-corrected chi connectivity index (χ1v) is 9.05. The summed E-state index contributed by atoms with van der Waals surface area (Å²) in [6.07, 6.45) is 0. The number of hydrogen-bond acceptors (Lipinski definition) is 3. The smallest absolute Gasteiger partial charge is 0.275 e. The predicted octanol–water partition coefficient (Wildman–Crippen LogP) is 5.39. The van der Waals surface area contributed by atoms with E-state index in [2.05, 4.69) is 4.98 Å². The van der Waals surface area contributed by atoms with Crippen molar-refractivity contribution in [1.29, 1.82) is 0 Å². The minimum absolute atomic E-state index is 0.250. The van der Waals surface area contributed by atoms with E-state index in [0.29, 0.717) is 32.3 Å². The van der Waals surface area contributed by atoms with E-state index in [4.69, 9.17) is 28.2 Å². The summed E-state index contributed by atoms with van der Waals surface area (Å²) in [5.41, 5.74) is 3.45. The fraction of sp³-hybridized carbons (Fsp3) is 0. The van der Waals surface area contributed by atoms with Gasteiger partial charge in [-0.25, -0.2) is 9.97 Å². The summed E-state index contributed by atoms with van der Waals surface area (Å²) in [4.78, 5) is 22.7. The number of hydrogen-bond donors (Lipinski definition) is 0. The number of halogens is 2. The van der Waals surface area contributed by atoms with Crippen molar-refractivity contribution in [3.8, 4) is 5.69 Å². The van der Waals surface area contributed by atoms with Gasteiger partial charge in [-0.15, -0.1) is 0 Å². The van der Waals surface area contributed by atoms with Crippen LogP contribution in [0.15, 0.2) is 71.5 Å². The molecule has 27 heavy (non-hydrogen) atoms. The van der Waals surface area contributed by atoms with Crippen molar-refractivity contribution in [3.63, 3.8) is 0 Å². The van der Waals surface area contributed by atoms with Gasteiger partial charge < -0.3 is 0 Å². The maximum atomic E-state index is 13.4. The fourth-order valence-electron chi connectivity index (χ4n) is 3.30. The van der Waals surface area contributed by atoms with Gasteiger partial charge in [-0.3, -0.25) is 9.36 Å². The van der Waals surface area contributed by atoms with Gasteiger partial charge in [0.05, 0.1) is 32.3 Å². The van der Waals surface area contributed by atoms with Crippen LogP contribution in [0.3, 0.4) is 0 Å². The standard InChI is InChI=1S/C21H11Cl2N3O/c22-14-10-9-12(11-15(14)23)26-18-8-4-1-5-13(18)19-20(21(26)27)25-17-7-3-2-6-16(17)24-19/h1-11H. The Kier molecular flexibility index (Phi) is 3.64. The zero-order chi connectivity index (χ0) is 18.5. The lowest BCUT2D eigenvalue weighted by molar-refractivity contribution is 1.05. The van der Waals surface area contributed by atoms with Crippen LogP contribution in [0.1, 0.15) is 0 Å². The summed E-state index contributed by atoms with van der Waals surface area (Å²) in [6.45, 7) is 0. The Balaban J connectivity index is 2.00. The highest BCUT2D eigenvalue weighted by molar-refractivity contribution is 6.42. The summed E-state index contributed by atoms with van der Waals surface area (Å²) in [7, 11) is 0. The molecule has 130 valence electrons. The van der Waals surface area contributed by atoms with Crippen LogP contribution in [0.5, 0.6) is 0 Å². The Bertz CT molecular complexity index is 1430. The van der Waals surface area contributed by atoms with Crippen LogP contribution >= 0.6 is 23.2 Å². The van der Waals surface area contributed by atoms with Gasteiger partial charge in [0, 0.05) is 5.39 Å². The van der Waals surface area contributed by atoms with E-state index < -0.39 is 0 Å². The first-order valence-electron chi connectivity index (χ1n) is 8.29. The Morgan fingerprint density at radius 3 is 2.15 bits per heavy atom. The van der Waals surface area contributed by atoms with Crippen LogP contribution in [0, 0.1) is 0 Å². The fourth-order valence-corrected chi connectivity index (χ4v) is 3.59. The second-order valence-corrected chi connectivity index (χ2v) is 6.98. The van der Waals surface area contributed by atoms with E-state index in [1.807, 2.05) is 48.5 Å². The minimum Gasteiger partial charge on any atom is -0.275 e. The Morgan fingerprint density at radius 2 is 1.41 bits per heavy atom. The van der Waals surface area contributed by atoms with Gasteiger partial charge in [0.25, 0.3) is 5.56 Å². The van der Waals surface area contributed by atoms with Crippen LogP contribution in [-0.2, 0) is 0 Å². The molecule has 5 aromatic rings. The first-order chi connectivity index (χ1) is 13.1. The molecule has 0 fully saturated rings. The molecule has 0 atom stereocenters. The van der Waals surface area contributed by atoms with Gasteiger partial charge in [0.2, 0.25) is 0 Å². The van der Waals surface area contributed by atoms with Gasteiger partial charge >= 0.3 is 0 Å². The van der Waals surface area contributed by atoms with Crippen molar-refractivity contribution < 1.29 is 0 Å². The molecule has 2 aromatic heterocycles. The molecule has 0 aliphatic heterocycles. The number of aromatic nitrogens is 3. The molecule has 0 aliphatic rings. The second-order valence-electron chi connectivity index (χ2n) is 6.17. The van der Waals surface area contributed by atoms with E-state index in [9.17, 15) is 4.79 Å². The Labute approximate surface area is 163 Å². The third kappa shape index (κ3) is 2.49. The van der Waals surface area contributed by atoms with E-state index in [-0.39, 0.29) is 5.56 Å². The van der Waals surface area contributed by atoms with Gasteiger partial charge in [0.1, 0.15) is 5.52 Å². The summed E-state index contributed by atoms with van der Waals surface area (Å²) in [6, 6.07) is 20.3. The highest BCUT2D eigenvalue weighted by Gasteiger charge is 2.15. The lowest BCUT2D eigenvalue weighted by Gasteiger charge is -2.13. The molecule has 0 aliphatic carbocycles. The molecule has 0 unspecified atom stereocenters. The number of pyridine rings is 1. The Morgan fingerprint density at radius 1 is 0.741 bits per heavy atom. The van der Waals surface area contributed by atoms with E-state index in [0.717, 1.165) is 16.4 Å². The minimum atomic E-state index is -0.250. The molecule has 0 N–H and O–H groups in total. The van der Waals surface area contributed by atoms with Crippen molar-refractivity contribution in [3.05, 3.63) is 87.1 Å². The largest absolute Gasteiger partial charge is 0.283 e. The molecule has 0 bridgehead atoms. The highest BCUT2D eigenvalue weighted by Crippen LogP contribution is 2.28. The summed E-state index contributed by atoms with van der Waals surface area (Å²) >= 11 is 12.2. The molecule has 5 rings (SSSR count). The van der Waals surface area contributed by atoms with Gasteiger partial charge in [-0.2, -0.15) is 0 Å². The highest BCUT2D eigenvalue weighted by atomic mass is 35.5. The lowest BCUT2D eigenvalue weighted by atomic mass is 10.1. The predicted molar refractivity (Wildman–Crippen MR) is 110 cm³/mol.